The van der Waals surface area contributed by atoms with Crippen LogP contribution in [0.3, 0.4) is 0 Å². The maximum Gasteiger partial charge on any atom is 0.225 e. The van der Waals surface area contributed by atoms with Gasteiger partial charge in [0.2, 0.25) is 5.91 Å². The van der Waals surface area contributed by atoms with E-state index in [1.165, 1.54) is 0 Å². The first kappa shape index (κ1) is 15.5. The molecule has 21 heavy (non-hydrogen) atoms. The average Bonchev–Trinajstić information content (AvgIpc) is 2.48. The number of para-hydroxylation sites is 2. The van der Waals surface area contributed by atoms with E-state index in [4.69, 9.17) is 17.3 Å². The molecule has 0 bridgehead atoms. The Hall–Kier alpha value is -1.85. The van der Waals surface area contributed by atoms with Gasteiger partial charge in [-0.2, -0.15) is 0 Å². The van der Waals surface area contributed by atoms with Gasteiger partial charge in [-0.25, -0.2) is 0 Å². The van der Waals surface area contributed by atoms with E-state index in [2.05, 4.69) is 5.32 Å². The fourth-order valence-corrected chi connectivity index (χ4v) is 2.89. The topological polar surface area (TPSA) is 72.2 Å². The SMILES string of the molecule is Nc1ccccc1NC(=O)CCS(=O)c1ccc(Cl)cc1. The molecule has 0 radical (unpaired) electrons. The molecule has 4 nitrogen and oxygen atoms in total. The summed E-state index contributed by atoms with van der Waals surface area (Å²) in [4.78, 5) is 12.5. The molecular formula is C15H15ClN2O2S. The number of halogens is 1. The maximum absolute atomic E-state index is 12.0. The van der Waals surface area contributed by atoms with Crippen LogP contribution < -0.4 is 11.1 Å². The number of nitrogens with two attached hydrogens (primary N) is 1. The van der Waals surface area contributed by atoms with E-state index < -0.39 is 10.8 Å². The van der Waals surface area contributed by atoms with Crippen molar-refractivity contribution >= 4 is 39.7 Å². The predicted octanol–water partition coefficient (Wildman–Crippen LogP) is 3.06. The fourth-order valence-electron chi connectivity index (χ4n) is 1.71. The molecule has 0 aliphatic carbocycles. The Morgan fingerprint density at radius 2 is 1.81 bits per heavy atom. The zero-order valence-electron chi connectivity index (χ0n) is 11.2. The Kier molecular flexibility index (Phi) is 5.36. The molecule has 6 heteroatoms. The van der Waals surface area contributed by atoms with Crippen molar-refractivity contribution < 1.29 is 9.00 Å². The van der Waals surface area contributed by atoms with Crippen molar-refractivity contribution in [2.75, 3.05) is 16.8 Å². The van der Waals surface area contributed by atoms with Crippen molar-refractivity contribution in [3.05, 3.63) is 53.6 Å². The molecule has 1 unspecified atom stereocenters. The number of hydrogen-bond acceptors (Lipinski definition) is 3. The van der Waals surface area contributed by atoms with Crippen molar-refractivity contribution in [1.29, 1.82) is 0 Å². The first-order chi connectivity index (χ1) is 10.1. The fraction of sp³-hybridized carbons (Fsp3) is 0.133. The van der Waals surface area contributed by atoms with Crippen LogP contribution in [0.4, 0.5) is 11.4 Å². The number of rotatable bonds is 5. The molecule has 2 aromatic rings. The molecule has 1 atom stereocenters. The number of benzene rings is 2. The first-order valence-corrected chi connectivity index (χ1v) is 8.04. The van der Waals surface area contributed by atoms with Gasteiger partial charge >= 0.3 is 0 Å². The minimum absolute atomic E-state index is 0.156. The third-order valence-electron chi connectivity index (χ3n) is 2.83. The Labute approximate surface area is 130 Å². The number of carbonyl (C=O) groups is 1. The summed E-state index contributed by atoms with van der Waals surface area (Å²) in [7, 11) is -1.23. The summed E-state index contributed by atoms with van der Waals surface area (Å²) in [6.07, 6.45) is 0.156. The lowest BCUT2D eigenvalue weighted by molar-refractivity contribution is -0.115. The van der Waals surface area contributed by atoms with Gasteiger partial charge in [0.1, 0.15) is 0 Å². The zero-order chi connectivity index (χ0) is 15.2. The van der Waals surface area contributed by atoms with Crippen molar-refractivity contribution in [2.24, 2.45) is 0 Å². The first-order valence-electron chi connectivity index (χ1n) is 6.34. The largest absolute Gasteiger partial charge is 0.397 e. The Bertz CT molecular complexity index is 659. The highest BCUT2D eigenvalue weighted by molar-refractivity contribution is 7.85. The highest BCUT2D eigenvalue weighted by Crippen LogP contribution is 2.17. The summed E-state index contributed by atoms with van der Waals surface area (Å²) in [6.45, 7) is 0. The van der Waals surface area contributed by atoms with Crippen LogP contribution in [-0.2, 0) is 15.6 Å². The van der Waals surface area contributed by atoms with Crippen molar-refractivity contribution in [2.45, 2.75) is 11.3 Å². The second-order valence-corrected chi connectivity index (χ2v) is 6.40. The van der Waals surface area contributed by atoms with Crippen LogP contribution in [0.2, 0.25) is 5.02 Å². The highest BCUT2D eigenvalue weighted by Gasteiger charge is 2.09. The third kappa shape index (κ3) is 4.58. The quantitative estimate of drug-likeness (QED) is 0.831. The summed E-state index contributed by atoms with van der Waals surface area (Å²) >= 11 is 5.77. The van der Waals surface area contributed by atoms with Gasteiger partial charge in [-0.05, 0) is 36.4 Å². The van der Waals surface area contributed by atoms with Crippen LogP contribution in [0, 0.1) is 0 Å². The van der Waals surface area contributed by atoms with Crippen LogP contribution >= 0.6 is 11.6 Å². The molecule has 0 fully saturated rings. The molecular weight excluding hydrogens is 308 g/mol. The van der Waals surface area contributed by atoms with E-state index in [1.807, 2.05) is 0 Å². The molecule has 110 valence electrons. The number of nitrogens with one attached hydrogen (secondary N) is 1. The van der Waals surface area contributed by atoms with E-state index in [9.17, 15) is 9.00 Å². The van der Waals surface area contributed by atoms with E-state index >= 15 is 0 Å². The van der Waals surface area contributed by atoms with E-state index in [-0.39, 0.29) is 18.1 Å². The molecule has 0 aliphatic heterocycles. The molecule has 0 spiro atoms. The van der Waals surface area contributed by atoms with E-state index in [0.717, 1.165) is 0 Å². The molecule has 2 rings (SSSR count). The van der Waals surface area contributed by atoms with Crippen LogP contribution in [0.5, 0.6) is 0 Å². The van der Waals surface area contributed by atoms with Gasteiger partial charge in [-0.1, -0.05) is 23.7 Å². The summed E-state index contributed by atoms with van der Waals surface area (Å²) in [5.74, 6) is 0.0374. The van der Waals surface area contributed by atoms with Crippen molar-refractivity contribution in [3.8, 4) is 0 Å². The number of carbonyl (C=O) groups excluding carboxylic acids is 1. The number of amides is 1. The lowest BCUT2D eigenvalue weighted by Crippen LogP contribution is -2.15. The van der Waals surface area contributed by atoms with Crippen molar-refractivity contribution in [1.82, 2.24) is 0 Å². The third-order valence-corrected chi connectivity index (χ3v) is 4.45. The van der Waals surface area contributed by atoms with Gasteiger partial charge in [0.05, 0.1) is 22.2 Å². The molecule has 3 N–H and O–H groups in total. The summed E-state index contributed by atoms with van der Waals surface area (Å²) in [5, 5.41) is 3.30. The lowest BCUT2D eigenvalue weighted by Gasteiger charge is -2.07. The Balaban J connectivity index is 1.88. The molecule has 2 aromatic carbocycles. The van der Waals surface area contributed by atoms with E-state index in [0.29, 0.717) is 21.3 Å². The number of hydrogen-bond donors (Lipinski definition) is 2. The highest BCUT2D eigenvalue weighted by atomic mass is 35.5. The summed E-state index contributed by atoms with van der Waals surface area (Å²) in [6, 6.07) is 13.8. The van der Waals surface area contributed by atoms with Crippen LogP contribution in [0.15, 0.2) is 53.4 Å². The van der Waals surface area contributed by atoms with Gasteiger partial charge in [0, 0.05) is 22.1 Å². The van der Waals surface area contributed by atoms with Gasteiger partial charge < -0.3 is 11.1 Å². The lowest BCUT2D eigenvalue weighted by atomic mass is 10.2. The van der Waals surface area contributed by atoms with Crippen LogP contribution in [0.1, 0.15) is 6.42 Å². The van der Waals surface area contributed by atoms with Gasteiger partial charge in [0.25, 0.3) is 0 Å². The van der Waals surface area contributed by atoms with Crippen LogP contribution in [0.25, 0.3) is 0 Å². The monoisotopic (exact) mass is 322 g/mol. The van der Waals surface area contributed by atoms with E-state index in [1.54, 1.807) is 48.5 Å². The smallest absolute Gasteiger partial charge is 0.225 e. The van der Waals surface area contributed by atoms with Crippen molar-refractivity contribution in [3.63, 3.8) is 0 Å². The number of anilines is 2. The molecule has 0 aliphatic rings. The summed E-state index contributed by atoms with van der Waals surface area (Å²) in [5.41, 5.74) is 6.82. The van der Waals surface area contributed by atoms with Crippen LogP contribution in [-0.4, -0.2) is 15.9 Å². The second kappa shape index (κ2) is 7.24. The average molecular weight is 323 g/mol. The van der Waals surface area contributed by atoms with Gasteiger partial charge in [-0.3, -0.25) is 9.00 Å². The Morgan fingerprint density at radius 1 is 1.14 bits per heavy atom. The Morgan fingerprint density at radius 3 is 2.48 bits per heavy atom. The molecule has 0 heterocycles. The predicted molar refractivity (Wildman–Crippen MR) is 86.8 cm³/mol. The zero-order valence-corrected chi connectivity index (χ0v) is 12.8. The molecule has 0 aromatic heterocycles. The standard InChI is InChI=1S/C15H15ClN2O2S/c16-11-5-7-12(8-6-11)21(20)10-9-15(19)18-14-4-2-1-3-13(14)17/h1-8H,9-10,17H2,(H,18,19). The molecule has 1 amide bonds. The number of nitrogen functional groups attached to an aromatic ring is 1. The second-order valence-electron chi connectivity index (χ2n) is 4.39. The van der Waals surface area contributed by atoms with Gasteiger partial charge in [-0.15, -0.1) is 0 Å². The maximum atomic E-state index is 12.0. The minimum atomic E-state index is -1.23. The normalized spacial score (nSPS) is 11.9. The molecule has 0 saturated carbocycles. The minimum Gasteiger partial charge on any atom is -0.397 e. The van der Waals surface area contributed by atoms with Gasteiger partial charge in [0.15, 0.2) is 0 Å². The summed E-state index contributed by atoms with van der Waals surface area (Å²) < 4.78 is 12.0. The molecule has 0 saturated heterocycles.